The van der Waals surface area contributed by atoms with E-state index >= 15 is 0 Å². The van der Waals surface area contributed by atoms with Gasteiger partial charge in [-0.05, 0) is 68.8 Å². The van der Waals surface area contributed by atoms with Crippen LogP contribution in [0.15, 0.2) is 77.9 Å². The second-order valence-corrected chi connectivity index (χ2v) is 10.5. The normalized spacial score (nSPS) is 12.4. The Balaban J connectivity index is 2.11. The van der Waals surface area contributed by atoms with Crippen LogP contribution in [-0.4, -0.2) is 41.1 Å². The van der Waals surface area contributed by atoms with Crippen molar-refractivity contribution in [3.05, 3.63) is 90.4 Å². The van der Waals surface area contributed by atoms with Crippen LogP contribution >= 0.6 is 0 Å². The first-order chi connectivity index (χ1) is 19.6. The lowest BCUT2D eigenvalue weighted by Gasteiger charge is -2.20. The van der Waals surface area contributed by atoms with E-state index in [1.807, 2.05) is 0 Å². The van der Waals surface area contributed by atoms with E-state index in [1.54, 1.807) is 20.8 Å². The van der Waals surface area contributed by atoms with Gasteiger partial charge in [0.15, 0.2) is 0 Å². The Morgan fingerprint density at radius 1 is 1.02 bits per heavy atom. The molecule has 0 aliphatic rings. The highest BCUT2D eigenvalue weighted by atomic mass is 19.4. The highest BCUT2D eigenvalue weighted by Gasteiger charge is 2.41. The van der Waals surface area contributed by atoms with Crippen molar-refractivity contribution in [1.82, 2.24) is 15.2 Å². The molecule has 0 aliphatic heterocycles. The van der Waals surface area contributed by atoms with E-state index in [1.165, 1.54) is 55.6 Å². The molecule has 7 nitrogen and oxygen atoms in total. The Morgan fingerprint density at radius 2 is 1.67 bits per heavy atom. The SMILES string of the molecule is C=C/C(=C\C(=C)C(=O)NC(C)(C)C)c1cc2c(C(=O)NC)c(-c3ccc(F)cc3)oc2c2ccn(C(=O)C(F)(F)F)c12. The molecular weight excluding hydrogens is 554 g/mol. The third-order valence-corrected chi connectivity index (χ3v) is 6.28. The number of fused-ring (bicyclic) bond motifs is 3. The van der Waals surface area contributed by atoms with E-state index in [0.29, 0.717) is 10.1 Å². The van der Waals surface area contributed by atoms with Crippen molar-refractivity contribution in [2.24, 2.45) is 0 Å². The van der Waals surface area contributed by atoms with Crippen molar-refractivity contribution in [1.29, 1.82) is 0 Å². The Kier molecular flexibility index (Phi) is 7.73. The number of hydrogen-bond donors (Lipinski definition) is 2. The summed E-state index contributed by atoms with van der Waals surface area (Å²) in [4.78, 5) is 38.4. The molecule has 4 aromatic rings. The number of nitrogens with one attached hydrogen (secondary N) is 2. The zero-order chi connectivity index (χ0) is 31.1. The molecule has 0 saturated heterocycles. The summed E-state index contributed by atoms with van der Waals surface area (Å²) in [6, 6.07) is 7.77. The molecule has 2 amide bonds. The largest absolute Gasteiger partial charge is 0.472 e. The van der Waals surface area contributed by atoms with Crippen molar-refractivity contribution in [2.45, 2.75) is 32.5 Å². The molecule has 0 spiro atoms. The molecule has 42 heavy (non-hydrogen) atoms. The number of carbonyl (C=O) groups is 3. The summed E-state index contributed by atoms with van der Waals surface area (Å²) >= 11 is 0. The molecule has 218 valence electrons. The number of furan rings is 1. The molecule has 11 heteroatoms. The zero-order valence-corrected chi connectivity index (χ0v) is 23.2. The minimum absolute atomic E-state index is 0.0214. The monoisotopic (exact) mass is 581 g/mol. The minimum Gasteiger partial charge on any atom is -0.454 e. The second kappa shape index (κ2) is 10.8. The van der Waals surface area contributed by atoms with E-state index in [2.05, 4.69) is 23.8 Å². The molecule has 2 N–H and O–H groups in total. The average Bonchev–Trinajstić information content (AvgIpc) is 3.51. The van der Waals surface area contributed by atoms with Gasteiger partial charge in [-0.3, -0.25) is 19.0 Å². The van der Waals surface area contributed by atoms with Gasteiger partial charge in [0.05, 0.1) is 11.1 Å². The van der Waals surface area contributed by atoms with Crippen LogP contribution in [0.25, 0.3) is 38.8 Å². The Hall–Kier alpha value is -4.93. The van der Waals surface area contributed by atoms with Gasteiger partial charge >= 0.3 is 12.1 Å². The fourth-order valence-corrected chi connectivity index (χ4v) is 4.49. The quantitative estimate of drug-likeness (QED) is 0.149. The topological polar surface area (TPSA) is 93.3 Å². The third kappa shape index (κ3) is 5.63. The maximum Gasteiger partial charge on any atom is 0.472 e. The van der Waals surface area contributed by atoms with E-state index in [9.17, 15) is 31.9 Å². The first kappa shape index (κ1) is 30.0. The van der Waals surface area contributed by atoms with Gasteiger partial charge in [-0.25, -0.2) is 4.39 Å². The van der Waals surface area contributed by atoms with Crippen molar-refractivity contribution in [3.63, 3.8) is 0 Å². The average molecular weight is 582 g/mol. The van der Waals surface area contributed by atoms with Crippen molar-refractivity contribution < 1.29 is 36.4 Å². The van der Waals surface area contributed by atoms with Crippen LogP contribution in [0.5, 0.6) is 0 Å². The number of amides is 2. The number of alkyl halides is 3. The van der Waals surface area contributed by atoms with Crippen LogP contribution in [0, 0.1) is 5.82 Å². The molecule has 0 saturated carbocycles. The van der Waals surface area contributed by atoms with E-state index in [0.717, 1.165) is 6.20 Å². The van der Waals surface area contributed by atoms with Crippen molar-refractivity contribution >= 4 is 45.2 Å². The first-order valence-corrected chi connectivity index (χ1v) is 12.6. The number of carbonyl (C=O) groups excluding carboxylic acids is 3. The number of nitrogens with zero attached hydrogens (tertiary/aromatic N) is 1. The number of halogens is 4. The van der Waals surface area contributed by atoms with Crippen LogP contribution in [0.2, 0.25) is 0 Å². The standard InChI is InChI=1S/C31H27F4N3O4/c1-7-17(14-16(2)27(39)37-30(3,4)5)21-15-22-23(28(40)36-6)25(18-8-10-19(32)11-9-18)42-26(22)20-12-13-38(24(20)21)29(41)31(33,34)35/h7-15H,1-2H2,3-6H3,(H,36,40)(H,37,39)/b17-14+. The molecule has 0 fully saturated rings. The molecule has 0 unspecified atom stereocenters. The molecular formula is C31H27F4N3O4. The summed E-state index contributed by atoms with van der Waals surface area (Å²) in [5.74, 6) is -3.77. The van der Waals surface area contributed by atoms with E-state index in [-0.39, 0.29) is 49.9 Å². The number of allylic oxidation sites excluding steroid dienone is 2. The predicted octanol–water partition coefficient (Wildman–Crippen LogP) is 6.80. The number of benzene rings is 2. The molecule has 0 bridgehead atoms. The van der Waals surface area contributed by atoms with Gasteiger partial charge < -0.3 is 15.1 Å². The second-order valence-electron chi connectivity index (χ2n) is 10.5. The van der Waals surface area contributed by atoms with E-state index in [4.69, 9.17) is 4.42 Å². The van der Waals surface area contributed by atoms with Crippen LogP contribution in [0.4, 0.5) is 17.6 Å². The lowest BCUT2D eigenvalue weighted by molar-refractivity contribution is -0.118. The summed E-state index contributed by atoms with van der Waals surface area (Å²) in [6.07, 6.45) is -1.65. The van der Waals surface area contributed by atoms with Crippen molar-refractivity contribution in [3.8, 4) is 11.3 Å². The molecule has 0 atom stereocenters. The fraction of sp³-hybridized carbons (Fsp3) is 0.194. The van der Waals surface area contributed by atoms with Crippen molar-refractivity contribution in [2.75, 3.05) is 7.05 Å². The predicted molar refractivity (Wildman–Crippen MR) is 152 cm³/mol. The Labute approximate surface area is 238 Å². The van der Waals surface area contributed by atoms with Gasteiger partial charge in [-0.15, -0.1) is 0 Å². The molecule has 4 rings (SSSR count). The number of hydrogen-bond acceptors (Lipinski definition) is 4. The van der Waals surface area contributed by atoms with Gasteiger partial charge in [-0.1, -0.05) is 19.2 Å². The summed E-state index contributed by atoms with van der Waals surface area (Å²) in [7, 11) is 1.39. The third-order valence-electron chi connectivity index (χ3n) is 6.28. The summed E-state index contributed by atoms with van der Waals surface area (Å²) in [5, 5.41) is 5.55. The Bertz CT molecular complexity index is 1800. The highest BCUT2D eigenvalue weighted by molar-refractivity contribution is 6.20. The maximum atomic E-state index is 13.7. The van der Waals surface area contributed by atoms with Crippen LogP contribution in [0.3, 0.4) is 0 Å². The first-order valence-electron chi connectivity index (χ1n) is 12.6. The minimum atomic E-state index is -5.22. The fourth-order valence-electron chi connectivity index (χ4n) is 4.49. The lowest BCUT2D eigenvalue weighted by Crippen LogP contribution is -2.40. The number of rotatable bonds is 6. The summed E-state index contributed by atoms with van der Waals surface area (Å²) in [6.45, 7) is 12.8. The van der Waals surface area contributed by atoms with Gasteiger partial charge in [0.25, 0.3) is 11.8 Å². The summed E-state index contributed by atoms with van der Waals surface area (Å²) in [5.41, 5.74) is -0.231. The number of aromatic nitrogens is 1. The lowest BCUT2D eigenvalue weighted by atomic mass is 9.96. The molecule has 0 radical (unpaired) electrons. The molecule has 2 heterocycles. The van der Waals surface area contributed by atoms with Crippen LogP contribution in [-0.2, 0) is 4.79 Å². The highest BCUT2D eigenvalue weighted by Crippen LogP contribution is 2.42. The zero-order valence-electron chi connectivity index (χ0n) is 23.2. The van der Waals surface area contributed by atoms with Gasteiger partial charge in [-0.2, -0.15) is 13.2 Å². The van der Waals surface area contributed by atoms with Gasteiger partial charge in [0.2, 0.25) is 0 Å². The van der Waals surface area contributed by atoms with Gasteiger partial charge in [0, 0.05) is 46.3 Å². The Morgan fingerprint density at radius 3 is 2.21 bits per heavy atom. The molecule has 0 aliphatic carbocycles. The van der Waals surface area contributed by atoms with Gasteiger partial charge in [0.1, 0.15) is 17.2 Å². The van der Waals surface area contributed by atoms with Crippen LogP contribution in [0.1, 0.15) is 41.5 Å². The van der Waals surface area contributed by atoms with E-state index < -0.39 is 35.3 Å². The molecule has 2 aromatic carbocycles. The van der Waals surface area contributed by atoms with Crippen LogP contribution < -0.4 is 10.6 Å². The summed E-state index contributed by atoms with van der Waals surface area (Å²) < 4.78 is 61.1. The molecule has 2 aromatic heterocycles. The maximum absolute atomic E-state index is 13.7. The smallest absolute Gasteiger partial charge is 0.454 e.